The highest BCUT2D eigenvalue weighted by Gasteiger charge is 2.45. The minimum absolute atomic E-state index is 0.430. The van der Waals surface area contributed by atoms with Gasteiger partial charge < -0.3 is 5.32 Å². The Morgan fingerprint density at radius 1 is 1.10 bits per heavy atom. The second-order valence-corrected chi connectivity index (χ2v) is 6.87. The van der Waals surface area contributed by atoms with Crippen LogP contribution in [-0.2, 0) is 5.41 Å². The molecule has 1 N–H and O–H groups in total. The van der Waals surface area contributed by atoms with Gasteiger partial charge >= 0.3 is 0 Å². The average Bonchev–Trinajstić information content (AvgIpc) is 2.92. The second-order valence-electron chi connectivity index (χ2n) is 6.87. The zero-order valence-electron chi connectivity index (χ0n) is 12.9. The van der Waals surface area contributed by atoms with Gasteiger partial charge in [0.25, 0.3) is 0 Å². The molecule has 110 valence electrons. The highest BCUT2D eigenvalue weighted by Crippen LogP contribution is 2.48. The molecule has 0 saturated heterocycles. The largest absolute Gasteiger partial charge is 0.313 e. The van der Waals surface area contributed by atoms with Crippen LogP contribution in [-0.4, -0.2) is 12.6 Å². The summed E-state index contributed by atoms with van der Waals surface area (Å²) in [5.74, 6) is 0.972. The molecule has 20 heavy (non-hydrogen) atoms. The summed E-state index contributed by atoms with van der Waals surface area (Å²) in [5.41, 5.74) is 2.01. The molecule has 1 heteroatoms. The molecule has 0 amide bonds. The van der Waals surface area contributed by atoms with Crippen LogP contribution in [0.25, 0.3) is 0 Å². The lowest BCUT2D eigenvalue weighted by Crippen LogP contribution is -2.53. The van der Waals surface area contributed by atoms with Crippen molar-refractivity contribution in [3.05, 3.63) is 35.9 Å². The number of benzene rings is 1. The average molecular weight is 271 g/mol. The topological polar surface area (TPSA) is 12.0 Å². The van der Waals surface area contributed by atoms with Gasteiger partial charge in [-0.3, -0.25) is 0 Å². The van der Waals surface area contributed by atoms with E-state index in [1.54, 1.807) is 5.56 Å². The third-order valence-corrected chi connectivity index (χ3v) is 5.76. The van der Waals surface area contributed by atoms with Gasteiger partial charge in [-0.25, -0.2) is 0 Å². The van der Waals surface area contributed by atoms with Crippen molar-refractivity contribution in [3.8, 4) is 0 Å². The van der Waals surface area contributed by atoms with E-state index >= 15 is 0 Å². The van der Waals surface area contributed by atoms with Crippen molar-refractivity contribution in [2.75, 3.05) is 6.54 Å². The van der Waals surface area contributed by atoms with Crippen LogP contribution in [0.15, 0.2) is 30.3 Å². The number of hydrogen-bond acceptors (Lipinski definition) is 1. The van der Waals surface area contributed by atoms with Gasteiger partial charge in [0.1, 0.15) is 0 Å². The maximum Gasteiger partial charge on any atom is 0.0166 e. The summed E-state index contributed by atoms with van der Waals surface area (Å²) >= 11 is 0. The van der Waals surface area contributed by atoms with E-state index in [2.05, 4.69) is 42.6 Å². The number of nitrogens with one attached hydrogen (secondary N) is 1. The molecule has 0 radical (unpaired) electrons. The van der Waals surface area contributed by atoms with E-state index in [4.69, 9.17) is 0 Å². The van der Waals surface area contributed by atoms with Gasteiger partial charge in [-0.2, -0.15) is 0 Å². The zero-order chi connectivity index (χ0) is 13.8. The Bertz CT molecular complexity index is 401. The third kappa shape index (κ3) is 2.65. The minimum Gasteiger partial charge on any atom is -0.313 e. The molecule has 0 bridgehead atoms. The molecule has 2 fully saturated rings. The number of rotatable bonds is 6. The Morgan fingerprint density at radius 3 is 2.35 bits per heavy atom. The van der Waals surface area contributed by atoms with E-state index in [9.17, 15) is 0 Å². The van der Waals surface area contributed by atoms with E-state index in [1.807, 2.05) is 0 Å². The predicted octanol–water partition coefficient (Wildman–Crippen LogP) is 4.67. The molecule has 2 aliphatic carbocycles. The van der Waals surface area contributed by atoms with E-state index in [1.165, 1.54) is 51.4 Å². The Labute approximate surface area is 124 Å². The van der Waals surface area contributed by atoms with Crippen molar-refractivity contribution in [1.29, 1.82) is 0 Å². The first-order chi connectivity index (χ1) is 9.85. The molecule has 2 saturated carbocycles. The lowest BCUT2D eigenvalue weighted by Gasteiger charge is -2.49. The predicted molar refractivity (Wildman–Crippen MR) is 86.0 cm³/mol. The van der Waals surface area contributed by atoms with Crippen molar-refractivity contribution < 1.29 is 0 Å². The number of hydrogen-bond donors (Lipinski definition) is 1. The van der Waals surface area contributed by atoms with Crippen molar-refractivity contribution in [2.24, 2.45) is 5.92 Å². The first kappa shape index (κ1) is 14.1. The van der Waals surface area contributed by atoms with Gasteiger partial charge in [-0.15, -0.1) is 0 Å². The van der Waals surface area contributed by atoms with E-state index < -0.39 is 0 Å². The summed E-state index contributed by atoms with van der Waals surface area (Å²) in [5, 5.41) is 3.85. The van der Waals surface area contributed by atoms with Crippen molar-refractivity contribution in [2.45, 2.75) is 69.7 Å². The van der Waals surface area contributed by atoms with E-state index in [0.29, 0.717) is 11.5 Å². The van der Waals surface area contributed by atoms with Gasteiger partial charge in [0, 0.05) is 11.5 Å². The Balaban J connectivity index is 1.80. The highest BCUT2D eigenvalue weighted by atomic mass is 14.9. The summed E-state index contributed by atoms with van der Waals surface area (Å²) in [6, 6.07) is 12.0. The monoisotopic (exact) mass is 271 g/mol. The third-order valence-electron chi connectivity index (χ3n) is 5.76. The lowest BCUT2D eigenvalue weighted by atomic mass is 9.58. The minimum atomic E-state index is 0.430. The summed E-state index contributed by atoms with van der Waals surface area (Å²) in [4.78, 5) is 0. The van der Waals surface area contributed by atoms with Gasteiger partial charge in [-0.05, 0) is 37.3 Å². The lowest BCUT2D eigenvalue weighted by molar-refractivity contribution is 0.149. The Hall–Kier alpha value is -0.820. The van der Waals surface area contributed by atoms with Crippen molar-refractivity contribution >= 4 is 0 Å². The van der Waals surface area contributed by atoms with Crippen LogP contribution in [0.4, 0.5) is 0 Å². The van der Waals surface area contributed by atoms with Crippen LogP contribution in [0.3, 0.4) is 0 Å². The number of likely N-dealkylation sites (N-methyl/N-ethyl adjacent to an activating group) is 1. The molecular formula is C19H29N. The first-order valence-corrected chi connectivity index (χ1v) is 8.64. The molecule has 0 heterocycles. The van der Waals surface area contributed by atoms with Crippen molar-refractivity contribution in [3.63, 3.8) is 0 Å². The molecule has 2 aliphatic rings. The first-order valence-electron chi connectivity index (χ1n) is 8.64. The molecule has 1 atom stereocenters. The van der Waals surface area contributed by atoms with Crippen LogP contribution < -0.4 is 5.32 Å². The quantitative estimate of drug-likeness (QED) is 0.793. The maximum atomic E-state index is 3.85. The van der Waals surface area contributed by atoms with Crippen LogP contribution in [0.5, 0.6) is 0 Å². The second kappa shape index (κ2) is 6.30. The van der Waals surface area contributed by atoms with Crippen molar-refractivity contribution in [1.82, 2.24) is 5.32 Å². The summed E-state index contributed by atoms with van der Waals surface area (Å²) in [7, 11) is 0. The van der Waals surface area contributed by atoms with Gasteiger partial charge in [0.05, 0.1) is 0 Å². The molecule has 1 unspecified atom stereocenters. The zero-order valence-corrected chi connectivity index (χ0v) is 12.9. The SMILES string of the molecule is CCNC(CC1CCCC1)C1(c2ccccc2)CCC1. The fraction of sp³-hybridized carbons (Fsp3) is 0.684. The standard InChI is InChI=1S/C19H29N/c1-2-20-18(15-16-9-6-7-10-16)19(13-8-14-19)17-11-4-3-5-12-17/h3-5,11-12,16,18,20H,2,6-10,13-15H2,1H3. The maximum absolute atomic E-state index is 3.85. The van der Waals surface area contributed by atoms with Gasteiger partial charge in [0.15, 0.2) is 0 Å². The molecule has 1 aromatic carbocycles. The Morgan fingerprint density at radius 2 is 1.80 bits per heavy atom. The summed E-state index contributed by atoms with van der Waals surface area (Å²) in [6.45, 7) is 3.37. The van der Waals surface area contributed by atoms with Crippen LogP contribution in [0.1, 0.15) is 63.9 Å². The van der Waals surface area contributed by atoms with E-state index in [-0.39, 0.29) is 0 Å². The molecule has 0 spiro atoms. The van der Waals surface area contributed by atoms with E-state index in [0.717, 1.165) is 12.5 Å². The highest BCUT2D eigenvalue weighted by molar-refractivity contribution is 5.30. The normalized spacial score (nSPS) is 23.4. The molecule has 1 aromatic rings. The van der Waals surface area contributed by atoms with Crippen LogP contribution in [0.2, 0.25) is 0 Å². The summed E-state index contributed by atoms with van der Waals surface area (Å²) in [6.07, 6.45) is 11.4. The molecule has 1 nitrogen and oxygen atoms in total. The van der Waals surface area contributed by atoms with Crippen LogP contribution >= 0.6 is 0 Å². The molecule has 3 rings (SSSR count). The van der Waals surface area contributed by atoms with Gasteiger partial charge in [0.2, 0.25) is 0 Å². The molecular weight excluding hydrogens is 242 g/mol. The molecule has 0 aliphatic heterocycles. The fourth-order valence-electron chi connectivity index (χ4n) is 4.50. The smallest absolute Gasteiger partial charge is 0.0166 e. The Kier molecular flexibility index (Phi) is 4.45. The van der Waals surface area contributed by atoms with Gasteiger partial charge in [-0.1, -0.05) is 69.4 Å². The molecule has 0 aromatic heterocycles. The van der Waals surface area contributed by atoms with Crippen LogP contribution in [0, 0.1) is 5.92 Å². The summed E-state index contributed by atoms with van der Waals surface area (Å²) < 4.78 is 0. The fourth-order valence-corrected chi connectivity index (χ4v) is 4.50.